The molecule has 2 aromatic heterocycles. The molecule has 0 radical (unpaired) electrons. The van der Waals surface area contributed by atoms with Crippen LogP contribution in [-0.4, -0.2) is 16.1 Å². The van der Waals surface area contributed by atoms with Crippen molar-refractivity contribution in [1.82, 2.24) is 10.2 Å². The number of anilines is 1. The first-order valence-electron chi connectivity index (χ1n) is 6.20. The van der Waals surface area contributed by atoms with E-state index in [2.05, 4.69) is 15.5 Å². The van der Waals surface area contributed by atoms with Gasteiger partial charge in [-0.1, -0.05) is 30.3 Å². The van der Waals surface area contributed by atoms with Crippen molar-refractivity contribution in [3.63, 3.8) is 0 Å². The molecule has 2 heterocycles. The summed E-state index contributed by atoms with van der Waals surface area (Å²) in [7, 11) is 0. The molecule has 0 saturated carbocycles. The molecule has 4 nitrogen and oxygen atoms in total. The smallest absolute Gasteiger partial charge is 0.267 e. The van der Waals surface area contributed by atoms with E-state index in [0.717, 1.165) is 16.8 Å². The Morgan fingerprint density at radius 2 is 2.05 bits per heavy atom. The lowest BCUT2D eigenvalue weighted by Gasteiger charge is -2.04. The van der Waals surface area contributed by atoms with Crippen LogP contribution < -0.4 is 5.32 Å². The molecular formula is C15H13N3OS. The predicted molar refractivity (Wildman–Crippen MR) is 81.0 cm³/mol. The maximum atomic E-state index is 12.3. The zero-order valence-corrected chi connectivity index (χ0v) is 11.7. The topological polar surface area (TPSA) is 57.8 Å². The van der Waals surface area contributed by atoms with Crippen LogP contribution in [0.1, 0.15) is 15.4 Å². The second kappa shape index (κ2) is 5.30. The summed E-state index contributed by atoms with van der Waals surface area (Å²) in [5.41, 5.74) is 2.90. The van der Waals surface area contributed by atoms with Crippen molar-refractivity contribution < 1.29 is 4.79 Å². The highest BCUT2D eigenvalue weighted by Crippen LogP contribution is 2.28. The lowest BCUT2D eigenvalue weighted by Crippen LogP contribution is -2.11. The quantitative estimate of drug-likeness (QED) is 0.770. The maximum absolute atomic E-state index is 12.3. The molecule has 0 bridgehead atoms. The van der Waals surface area contributed by atoms with Crippen LogP contribution in [0, 0.1) is 6.92 Å². The molecular weight excluding hydrogens is 270 g/mol. The third kappa shape index (κ3) is 2.48. The number of H-pyrrole nitrogens is 1. The SMILES string of the molecule is Cc1cc(NC(=O)c2sccc2-c2ccccc2)n[nH]1. The number of aryl methyl sites for hydroxylation is 1. The average molecular weight is 283 g/mol. The zero-order chi connectivity index (χ0) is 13.9. The minimum absolute atomic E-state index is 0.134. The monoisotopic (exact) mass is 283 g/mol. The Hall–Kier alpha value is -2.40. The highest BCUT2D eigenvalue weighted by atomic mass is 32.1. The lowest BCUT2D eigenvalue weighted by molar-refractivity contribution is 0.103. The van der Waals surface area contributed by atoms with Gasteiger partial charge in [0.2, 0.25) is 0 Å². The fraction of sp³-hybridized carbons (Fsp3) is 0.0667. The van der Waals surface area contributed by atoms with Crippen LogP contribution >= 0.6 is 11.3 Å². The molecule has 0 saturated heterocycles. The second-order valence-electron chi connectivity index (χ2n) is 4.42. The summed E-state index contributed by atoms with van der Waals surface area (Å²) in [5.74, 6) is 0.408. The standard InChI is InChI=1S/C15H13N3OS/c1-10-9-13(18-17-10)16-15(19)14-12(7-8-20-14)11-5-3-2-4-6-11/h2-9H,1H3,(H2,16,17,18,19). The summed E-state index contributed by atoms with van der Waals surface area (Å²) in [6, 6.07) is 13.6. The molecule has 20 heavy (non-hydrogen) atoms. The van der Waals surface area contributed by atoms with Gasteiger partial charge in [0.15, 0.2) is 5.82 Å². The molecule has 2 N–H and O–H groups in total. The summed E-state index contributed by atoms with van der Waals surface area (Å²) in [4.78, 5) is 13.0. The molecule has 0 atom stereocenters. The van der Waals surface area contributed by atoms with Gasteiger partial charge in [-0.05, 0) is 23.9 Å². The van der Waals surface area contributed by atoms with Gasteiger partial charge in [0.1, 0.15) is 4.88 Å². The van der Waals surface area contributed by atoms with E-state index in [1.54, 1.807) is 6.07 Å². The maximum Gasteiger partial charge on any atom is 0.267 e. The number of hydrogen-bond donors (Lipinski definition) is 2. The van der Waals surface area contributed by atoms with Crippen LogP contribution in [0.15, 0.2) is 47.8 Å². The van der Waals surface area contributed by atoms with Gasteiger partial charge in [-0.3, -0.25) is 9.89 Å². The zero-order valence-electron chi connectivity index (χ0n) is 10.9. The van der Waals surface area contributed by atoms with E-state index < -0.39 is 0 Å². The first-order chi connectivity index (χ1) is 9.74. The van der Waals surface area contributed by atoms with Crippen molar-refractivity contribution in [2.24, 2.45) is 0 Å². The fourth-order valence-corrected chi connectivity index (χ4v) is 2.80. The average Bonchev–Trinajstić information content (AvgIpc) is 3.09. The van der Waals surface area contributed by atoms with Crippen molar-refractivity contribution >= 4 is 23.1 Å². The van der Waals surface area contributed by atoms with Crippen LogP contribution in [-0.2, 0) is 0 Å². The summed E-state index contributed by atoms with van der Waals surface area (Å²) >= 11 is 1.43. The molecule has 100 valence electrons. The Balaban J connectivity index is 1.88. The van der Waals surface area contributed by atoms with Crippen LogP contribution in [0.4, 0.5) is 5.82 Å². The highest BCUT2D eigenvalue weighted by Gasteiger charge is 2.15. The number of aromatic amines is 1. The van der Waals surface area contributed by atoms with Gasteiger partial charge in [-0.2, -0.15) is 5.10 Å². The Morgan fingerprint density at radius 3 is 2.75 bits per heavy atom. The number of hydrogen-bond acceptors (Lipinski definition) is 3. The number of carbonyl (C=O) groups excluding carboxylic acids is 1. The first-order valence-corrected chi connectivity index (χ1v) is 7.08. The van der Waals surface area contributed by atoms with Gasteiger partial charge >= 0.3 is 0 Å². The number of carbonyl (C=O) groups is 1. The lowest BCUT2D eigenvalue weighted by atomic mass is 10.1. The van der Waals surface area contributed by atoms with Crippen LogP contribution in [0.3, 0.4) is 0 Å². The minimum atomic E-state index is -0.134. The van der Waals surface area contributed by atoms with Gasteiger partial charge in [0.25, 0.3) is 5.91 Å². The van der Waals surface area contributed by atoms with E-state index in [4.69, 9.17) is 0 Å². The van der Waals surface area contributed by atoms with Crippen molar-refractivity contribution in [1.29, 1.82) is 0 Å². The van der Waals surface area contributed by atoms with E-state index in [0.29, 0.717) is 10.7 Å². The summed E-state index contributed by atoms with van der Waals surface area (Å²) in [5, 5.41) is 11.5. The van der Waals surface area contributed by atoms with Crippen LogP contribution in [0.25, 0.3) is 11.1 Å². The molecule has 3 rings (SSSR count). The number of rotatable bonds is 3. The largest absolute Gasteiger partial charge is 0.304 e. The third-order valence-electron chi connectivity index (χ3n) is 2.90. The first kappa shape index (κ1) is 12.6. The molecule has 0 unspecified atom stereocenters. The van der Waals surface area contributed by atoms with Gasteiger partial charge in [-0.15, -0.1) is 11.3 Å². The van der Waals surface area contributed by atoms with E-state index in [-0.39, 0.29) is 5.91 Å². The molecule has 1 aromatic carbocycles. The number of aromatic nitrogens is 2. The number of nitrogens with zero attached hydrogens (tertiary/aromatic N) is 1. The van der Waals surface area contributed by atoms with Gasteiger partial charge in [-0.25, -0.2) is 0 Å². The molecule has 0 aliphatic carbocycles. The number of nitrogens with one attached hydrogen (secondary N) is 2. The number of thiophene rings is 1. The Labute approximate surface area is 120 Å². The van der Waals surface area contributed by atoms with Crippen molar-refractivity contribution in [2.45, 2.75) is 6.92 Å². The molecule has 1 amide bonds. The number of benzene rings is 1. The molecule has 5 heteroatoms. The Bertz CT molecular complexity index is 730. The fourth-order valence-electron chi connectivity index (χ4n) is 1.99. The molecule has 0 fully saturated rings. The normalized spacial score (nSPS) is 10.4. The predicted octanol–water partition coefficient (Wildman–Crippen LogP) is 3.70. The van der Waals surface area contributed by atoms with E-state index >= 15 is 0 Å². The van der Waals surface area contributed by atoms with Crippen LogP contribution in [0.2, 0.25) is 0 Å². The minimum Gasteiger partial charge on any atom is -0.304 e. The number of amides is 1. The van der Waals surface area contributed by atoms with E-state index in [1.807, 2.05) is 48.7 Å². The molecule has 0 spiro atoms. The summed E-state index contributed by atoms with van der Waals surface area (Å²) in [6.45, 7) is 1.89. The van der Waals surface area contributed by atoms with Crippen LogP contribution in [0.5, 0.6) is 0 Å². The Kier molecular flexibility index (Phi) is 3.35. The van der Waals surface area contributed by atoms with Gasteiger partial charge < -0.3 is 5.32 Å². The molecule has 0 aliphatic rings. The van der Waals surface area contributed by atoms with Gasteiger partial charge in [0.05, 0.1) is 0 Å². The second-order valence-corrected chi connectivity index (χ2v) is 5.34. The van der Waals surface area contributed by atoms with Crippen molar-refractivity contribution in [2.75, 3.05) is 5.32 Å². The van der Waals surface area contributed by atoms with Crippen molar-refractivity contribution in [3.8, 4) is 11.1 Å². The van der Waals surface area contributed by atoms with Crippen molar-refractivity contribution in [3.05, 3.63) is 58.4 Å². The van der Waals surface area contributed by atoms with E-state index in [9.17, 15) is 4.79 Å². The molecule has 0 aliphatic heterocycles. The van der Waals surface area contributed by atoms with Gasteiger partial charge in [0, 0.05) is 17.3 Å². The Morgan fingerprint density at radius 1 is 1.25 bits per heavy atom. The third-order valence-corrected chi connectivity index (χ3v) is 3.82. The summed E-state index contributed by atoms with van der Waals surface area (Å²) < 4.78 is 0. The van der Waals surface area contributed by atoms with E-state index in [1.165, 1.54) is 11.3 Å². The highest BCUT2D eigenvalue weighted by molar-refractivity contribution is 7.12. The molecule has 3 aromatic rings. The summed E-state index contributed by atoms with van der Waals surface area (Å²) in [6.07, 6.45) is 0.